The Bertz CT molecular complexity index is 942. The molecule has 0 atom stereocenters. The molecule has 0 amide bonds. The van der Waals surface area contributed by atoms with Crippen LogP contribution in [0.1, 0.15) is 15.9 Å². The first kappa shape index (κ1) is 26.9. The summed E-state index contributed by atoms with van der Waals surface area (Å²) < 4.78 is 47.6. The Morgan fingerprint density at radius 1 is 0.706 bits per heavy atom. The number of carbonyl (C=O) groups is 1. The lowest BCUT2D eigenvalue weighted by Gasteiger charge is -2.18. The summed E-state index contributed by atoms with van der Waals surface area (Å²) in [5.74, 6) is 1.42. The van der Waals surface area contributed by atoms with Crippen LogP contribution in [0.4, 0.5) is 0 Å². The Labute approximate surface area is 198 Å². The molecule has 34 heavy (non-hydrogen) atoms. The van der Waals surface area contributed by atoms with Crippen molar-refractivity contribution in [1.29, 1.82) is 0 Å². The van der Waals surface area contributed by atoms with E-state index < -0.39 is 0 Å². The summed E-state index contributed by atoms with van der Waals surface area (Å²) in [6.45, 7) is -0.116. The summed E-state index contributed by atoms with van der Waals surface area (Å²) in [5.41, 5.74) is 0.916. The number of carbonyl (C=O) groups excluding carboxylic acids is 1. The molecule has 0 aliphatic carbocycles. The van der Waals surface area contributed by atoms with Crippen LogP contribution in [0.3, 0.4) is 0 Å². The second kappa shape index (κ2) is 14.8. The van der Waals surface area contributed by atoms with Gasteiger partial charge in [0.1, 0.15) is 11.5 Å². The lowest BCUT2D eigenvalue weighted by atomic mass is 10.1. The van der Waals surface area contributed by atoms with Crippen molar-refractivity contribution in [3.63, 3.8) is 0 Å². The fourth-order valence-electron chi connectivity index (χ4n) is 2.79. The van der Waals surface area contributed by atoms with E-state index in [9.17, 15) is 4.79 Å². The second-order valence-corrected chi connectivity index (χ2v) is 6.57. The average molecular weight is 478 g/mol. The van der Waals surface area contributed by atoms with Gasteiger partial charge in [-0.15, -0.1) is 0 Å². The van der Waals surface area contributed by atoms with Crippen LogP contribution in [-0.2, 0) is 18.9 Å². The molecule has 0 aromatic heterocycles. The third-order valence-corrected chi connectivity index (χ3v) is 4.28. The van der Waals surface area contributed by atoms with Crippen LogP contribution in [-0.4, -0.2) is 68.5 Å². The van der Waals surface area contributed by atoms with Gasteiger partial charge in [0.05, 0.1) is 12.7 Å². The molecule has 10 heteroatoms. The molecule has 0 radical (unpaired) electrons. The molecule has 0 aliphatic rings. The fraction of sp³-hybridized carbons (Fsp3) is 0.375. The Balaban J connectivity index is 2.38. The van der Waals surface area contributed by atoms with E-state index in [0.717, 1.165) is 0 Å². The van der Waals surface area contributed by atoms with Crippen molar-refractivity contribution in [3.05, 3.63) is 47.5 Å². The van der Waals surface area contributed by atoms with Crippen LogP contribution in [0.25, 0.3) is 6.08 Å². The standard InChI is InChI=1S/C24H30O10/c1-26-13-31-18-8-6-17(22(12-18)30-5)7-10-20(25)19-9-11-21(32-14-27-2)24(34-16-29-4)23(19)33-15-28-3/h6-12H,13-16H2,1-5H3/b10-7+. The number of benzene rings is 2. The van der Waals surface area contributed by atoms with E-state index in [1.165, 1.54) is 41.6 Å². The molecule has 2 aromatic carbocycles. The van der Waals surface area contributed by atoms with Crippen LogP contribution < -0.4 is 23.7 Å². The number of allylic oxidation sites excluding steroid dienone is 1. The van der Waals surface area contributed by atoms with Crippen molar-refractivity contribution in [3.8, 4) is 28.7 Å². The zero-order valence-electron chi connectivity index (χ0n) is 20.0. The molecule has 0 saturated carbocycles. The molecule has 0 saturated heterocycles. The number of rotatable bonds is 16. The highest BCUT2D eigenvalue weighted by molar-refractivity contribution is 6.09. The van der Waals surface area contributed by atoms with Crippen molar-refractivity contribution in [2.24, 2.45) is 0 Å². The lowest BCUT2D eigenvalue weighted by Crippen LogP contribution is -2.11. The van der Waals surface area contributed by atoms with E-state index in [1.54, 1.807) is 36.4 Å². The maximum absolute atomic E-state index is 13.1. The zero-order chi connectivity index (χ0) is 24.8. The monoisotopic (exact) mass is 478 g/mol. The van der Waals surface area contributed by atoms with Crippen molar-refractivity contribution >= 4 is 11.9 Å². The van der Waals surface area contributed by atoms with Gasteiger partial charge in [-0.2, -0.15) is 0 Å². The number of hydrogen-bond donors (Lipinski definition) is 0. The van der Waals surface area contributed by atoms with Crippen LogP contribution >= 0.6 is 0 Å². The van der Waals surface area contributed by atoms with E-state index in [1.807, 2.05) is 0 Å². The van der Waals surface area contributed by atoms with E-state index in [0.29, 0.717) is 22.8 Å². The minimum atomic E-state index is -0.339. The number of methoxy groups -OCH3 is 5. The van der Waals surface area contributed by atoms with Gasteiger partial charge >= 0.3 is 0 Å². The number of hydrogen-bond acceptors (Lipinski definition) is 10. The Kier molecular flexibility index (Phi) is 11.7. The molecule has 0 N–H and O–H groups in total. The molecule has 0 fully saturated rings. The molecule has 0 heterocycles. The van der Waals surface area contributed by atoms with Gasteiger partial charge < -0.3 is 42.6 Å². The van der Waals surface area contributed by atoms with Crippen LogP contribution in [0.2, 0.25) is 0 Å². The van der Waals surface area contributed by atoms with Gasteiger partial charge in [0.15, 0.2) is 44.5 Å². The first-order valence-electron chi connectivity index (χ1n) is 10.1. The molecule has 0 aliphatic heterocycles. The van der Waals surface area contributed by atoms with Gasteiger partial charge in [0, 0.05) is 40.1 Å². The van der Waals surface area contributed by atoms with Crippen molar-refractivity contribution in [2.45, 2.75) is 0 Å². The maximum Gasteiger partial charge on any atom is 0.207 e. The van der Waals surface area contributed by atoms with Crippen LogP contribution in [0.15, 0.2) is 36.4 Å². The summed E-state index contributed by atoms with van der Waals surface area (Å²) >= 11 is 0. The Hall–Kier alpha value is -3.31. The molecule has 10 nitrogen and oxygen atoms in total. The normalized spacial score (nSPS) is 10.9. The molecule has 0 spiro atoms. The Morgan fingerprint density at radius 2 is 1.32 bits per heavy atom. The SMILES string of the molecule is COCOc1ccc(/C=C/C(=O)c2ccc(OCOC)c(OCOC)c2OCOC)c(OC)c1. The molecular formula is C24H30O10. The molecule has 0 bridgehead atoms. The summed E-state index contributed by atoms with van der Waals surface area (Å²) in [6.07, 6.45) is 3.03. The van der Waals surface area contributed by atoms with Gasteiger partial charge in [0.2, 0.25) is 5.75 Å². The quantitative estimate of drug-likeness (QED) is 0.202. The van der Waals surface area contributed by atoms with Crippen LogP contribution in [0.5, 0.6) is 28.7 Å². The van der Waals surface area contributed by atoms with Gasteiger partial charge in [-0.05, 0) is 36.4 Å². The minimum absolute atomic E-state index is 0.0237. The molecule has 186 valence electrons. The topological polar surface area (TPSA) is 100 Å². The van der Waals surface area contributed by atoms with Gasteiger partial charge in [0.25, 0.3) is 0 Å². The van der Waals surface area contributed by atoms with Crippen molar-refractivity contribution in [1.82, 2.24) is 0 Å². The van der Waals surface area contributed by atoms with Gasteiger partial charge in [-0.3, -0.25) is 4.79 Å². The summed E-state index contributed by atoms with van der Waals surface area (Å²) in [4.78, 5) is 13.1. The highest BCUT2D eigenvalue weighted by atomic mass is 16.7. The third-order valence-electron chi connectivity index (χ3n) is 4.28. The number of ether oxygens (including phenoxy) is 9. The fourth-order valence-corrected chi connectivity index (χ4v) is 2.79. The van der Waals surface area contributed by atoms with Crippen LogP contribution in [0, 0.1) is 0 Å². The molecule has 2 aromatic rings. The lowest BCUT2D eigenvalue weighted by molar-refractivity contribution is 0.0215. The predicted octanol–water partition coefficient (Wildman–Crippen LogP) is 3.52. The summed E-state index contributed by atoms with van der Waals surface area (Å²) in [5, 5.41) is 0. The van der Waals surface area contributed by atoms with E-state index in [4.69, 9.17) is 42.6 Å². The second-order valence-electron chi connectivity index (χ2n) is 6.57. The largest absolute Gasteiger partial charge is 0.496 e. The van der Waals surface area contributed by atoms with E-state index in [2.05, 4.69) is 0 Å². The smallest absolute Gasteiger partial charge is 0.207 e. The summed E-state index contributed by atoms with van der Waals surface area (Å²) in [7, 11) is 7.50. The third kappa shape index (κ3) is 7.63. The Morgan fingerprint density at radius 3 is 1.97 bits per heavy atom. The average Bonchev–Trinajstić information content (AvgIpc) is 2.87. The summed E-state index contributed by atoms with van der Waals surface area (Å²) in [6, 6.07) is 8.38. The van der Waals surface area contributed by atoms with E-state index >= 15 is 0 Å². The van der Waals surface area contributed by atoms with Crippen molar-refractivity contribution < 1.29 is 47.4 Å². The number of ketones is 1. The highest BCUT2D eigenvalue weighted by Crippen LogP contribution is 2.41. The first-order chi connectivity index (χ1) is 16.6. The molecule has 2 rings (SSSR count). The maximum atomic E-state index is 13.1. The van der Waals surface area contributed by atoms with Gasteiger partial charge in [-0.1, -0.05) is 0 Å². The first-order valence-corrected chi connectivity index (χ1v) is 10.1. The minimum Gasteiger partial charge on any atom is -0.496 e. The van der Waals surface area contributed by atoms with Crippen molar-refractivity contribution in [2.75, 3.05) is 62.7 Å². The predicted molar refractivity (Wildman–Crippen MR) is 123 cm³/mol. The molecular weight excluding hydrogens is 448 g/mol. The highest BCUT2D eigenvalue weighted by Gasteiger charge is 2.21. The van der Waals surface area contributed by atoms with E-state index in [-0.39, 0.29) is 50.0 Å². The molecule has 0 unspecified atom stereocenters. The van der Waals surface area contributed by atoms with Gasteiger partial charge in [-0.25, -0.2) is 0 Å². The zero-order valence-corrected chi connectivity index (χ0v) is 20.0.